The number of halogens is 4. The predicted molar refractivity (Wildman–Crippen MR) is 317 cm³/mol. The van der Waals surface area contributed by atoms with Gasteiger partial charge in [0.1, 0.15) is 0 Å². The highest BCUT2D eigenvalue weighted by Crippen LogP contribution is 2.20. The van der Waals surface area contributed by atoms with E-state index in [0.29, 0.717) is 0 Å². The summed E-state index contributed by atoms with van der Waals surface area (Å²) in [4.78, 5) is 0. The van der Waals surface area contributed by atoms with Crippen LogP contribution in [-0.2, 0) is 0 Å². The Hall–Kier alpha value is 2.76. The Morgan fingerprint density at radius 3 is 0.222 bits per heavy atom. The zero-order valence-corrected chi connectivity index (χ0v) is 61.9. The molecule has 0 N–H and O–H groups in total. The molecule has 0 aliphatic rings. The van der Waals surface area contributed by atoms with E-state index in [-0.39, 0.29) is 95.9 Å². The van der Waals surface area contributed by atoms with E-state index in [1.165, 1.54) is 328 Å². The number of nitrogens with zero attached hydrogens (tertiary/aromatic N) is 4. The number of rotatable bonds is 48. The zero-order valence-electron chi connectivity index (χ0n) is 53.2. The van der Waals surface area contributed by atoms with Crippen LogP contribution < -0.4 is 95.9 Å². The first kappa shape index (κ1) is 91.3. The predicted octanol–water partition coefficient (Wildman–Crippen LogP) is 8.03. The molecule has 0 aliphatic heterocycles. The molecule has 448 valence electrons. The molecular weight excluding hydrogens is 1330 g/mol. The quantitative estimate of drug-likeness (QED) is 0.0428. The lowest BCUT2D eigenvalue weighted by molar-refractivity contribution is -0.929. The van der Waals surface area contributed by atoms with Gasteiger partial charge in [-0.3, -0.25) is 0 Å². The van der Waals surface area contributed by atoms with Gasteiger partial charge < -0.3 is 114 Å². The third-order valence-corrected chi connectivity index (χ3v) is 15.8. The monoisotopic (exact) mass is 1480 g/mol. The third-order valence-electron chi connectivity index (χ3n) is 15.8. The summed E-state index contributed by atoms with van der Waals surface area (Å²) in [6.07, 6.45) is 44.2. The van der Waals surface area contributed by atoms with E-state index in [2.05, 4.69) is 111 Å². The van der Waals surface area contributed by atoms with Crippen LogP contribution in [0.15, 0.2) is 0 Å². The van der Waals surface area contributed by atoms with E-state index in [1.807, 2.05) is 0 Å². The molecule has 0 rings (SSSR count). The summed E-state index contributed by atoms with van der Waals surface area (Å²) in [5.41, 5.74) is 0. The van der Waals surface area contributed by atoms with Gasteiger partial charge in [0.2, 0.25) is 0 Å². The maximum absolute atomic E-state index is 2.33. The fraction of sp³-hybridized carbons (Fsp3) is 1.00. The van der Waals surface area contributed by atoms with Gasteiger partial charge in [0.25, 0.3) is 0 Å². The van der Waals surface area contributed by atoms with Gasteiger partial charge in [-0.15, -0.1) is 0 Å². The van der Waals surface area contributed by atoms with Crippen molar-refractivity contribution in [2.24, 2.45) is 0 Å². The summed E-state index contributed by atoms with van der Waals surface area (Å²) in [6, 6.07) is 0. The largest absolute Gasteiger partial charge is 1.00 e. The van der Waals surface area contributed by atoms with Crippen molar-refractivity contribution < 1.29 is 114 Å². The maximum atomic E-state index is 2.33. The smallest absolute Gasteiger partial charge is 0.0786 e. The molecule has 8 heteroatoms. The SMILES string of the molecule is CCCC[N+](CCCC)(CCCC)CCCC.CCCC[N+](CCCC)(CCCC)CCCC.CCCC[N+](CCCC)(CCCC)CCCC.CCCC[N+](CCCC)(CCCC)CCCC.[I-].[I-].[I-].[I-]. The van der Waals surface area contributed by atoms with Crippen molar-refractivity contribution in [2.75, 3.05) is 105 Å². The van der Waals surface area contributed by atoms with Crippen LogP contribution in [-0.4, -0.2) is 123 Å². The van der Waals surface area contributed by atoms with Crippen molar-refractivity contribution in [1.29, 1.82) is 0 Å². The fourth-order valence-corrected chi connectivity index (χ4v) is 10.6. The van der Waals surface area contributed by atoms with Crippen LogP contribution >= 0.6 is 0 Å². The van der Waals surface area contributed by atoms with E-state index < -0.39 is 0 Å². The molecule has 0 saturated heterocycles. The summed E-state index contributed by atoms with van der Waals surface area (Å²) in [5, 5.41) is 0. The van der Waals surface area contributed by atoms with Crippen LogP contribution in [0.2, 0.25) is 0 Å². The van der Waals surface area contributed by atoms with Crippen LogP contribution in [0.1, 0.15) is 316 Å². The van der Waals surface area contributed by atoms with Gasteiger partial charge in [-0.05, 0) is 103 Å². The van der Waals surface area contributed by atoms with Gasteiger partial charge in [-0.25, -0.2) is 0 Å². The van der Waals surface area contributed by atoms with Crippen molar-refractivity contribution in [3.05, 3.63) is 0 Å². The fourth-order valence-electron chi connectivity index (χ4n) is 10.6. The molecule has 0 atom stereocenters. The normalized spacial score (nSPS) is 11.3. The molecule has 0 unspecified atom stereocenters. The molecular formula is C64H144I4N4. The molecule has 0 saturated carbocycles. The van der Waals surface area contributed by atoms with Crippen LogP contribution in [0.25, 0.3) is 0 Å². The maximum Gasteiger partial charge on any atom is 0.0786 e. The Bertz CT molecular complexity index is 631. The second-order valence-electron chi connectivity index (χ2n) is 22.6. The number of hydrogen-bond donors (Lipinski definition) is 0. The topological polar surface area (TPSA) is 0 Å². The molecule has 0 heterocycles. The van der Waals surface area contributed by atoms with E-state index in [9.17, 15) is 0 Å². The standard InChI is InChI=1S/4C16H36N.4HI/c4*1-5-9-13-17(14-10-6-2,15-11-7-3)16-12-8-4;;;;/h4*5-16H2,1-4H3;4*1H/q4*+1;;;;/p-4. The Labute approximate surface area is 529 Å². The second-order valence-corrected chi connectivity index (χ2v) is 22.6. The van der Waals surface area contributed by atoms with Gasteiger partial charge >= 0.3 is 0 Å². The molecule has 0 aromatic heterocycles. The first-order valence-corrected chi connectivity index (χ1v) is 32.4. The highest BCUT2D eigenvalue weighted by molar-refractivity contribution is 4.53. The Morgan fingerprint density at radius 2 is 0.181 bits per heavy atom. The minimum Gasteiger partial charge on any atom is -1.00 e. The number of unbranched alkanes of at least 4 members (excludes halogenated alkanes) is 16. The van der Waals surface area contributed by atoms with Gasteiger partial charge in [-0.1, -0.05) is 214 Å². The third kappa shape index (κ3) is 54.7. The van der Waals surface area contributed by atoms with Crippen molar-refractivity contribution in [2.45, 2.75) is 316 Å². The molecule has 0 aromatic carbocycles. The molecule has 0 fully saturated rings. The molecule has 4 nitrogen and oxygen atoms in total. The van der Waals surface area contributed by atoms with Crippen molar-refractivity contribution in [3.8, 4) is 0 Å². The summed E-state index contributed by atoms with van der Waals surface area (Å²) in [5.74, 6) is 0. The lowest BCUT2D eigenvalue weighted by Gasteiger charge is -2.39. The van der Waals surface area contributed by atoms with Gasteiger partial charge in [0.15, 0.2) is 0 Å². The summed E-state index contributed by atoms with van der Waals surface area (Å²) in [7, 11) is 0. The van der Waals surface area contributed by atoms with Crippen LogP contribution in [0.5, 0.6) is 0 Å². The number of hydrogen-bond acceptors (Lipinski definition) is 0. The Kier molecular flexibility index (Phi) is 88.6. The first-order chi connectivity index (χ1) is 33.0. The van der Waals surface area contributed by atoms with Crippen LogP contribution in [0.4, 0.5) is 0 Å². The highest BCUT2D eigenvalue weighted by Gasteiger charge is 2.28. The van der Waals surface area contributed by atoms with Crippen molar-refractivity contribution >= 4 is 0 Å². The molecule has 0 bridgehead atoms. The van der Waals surface area contributed by atoms with Crippen molar-refractivity contribution in [3.63, 3.8) is 0 Å². The minimum absolute atomic E-state index is 0. The molecule has 0 aliphatic carbocycles. The highest BCUT2D eigenvalue weighted by atomic mass is 127. The molecule has 0 amide bonds. The Morgan fingerprint density at radius 1 is 0.125 bits per heavy atom. The summed E-state index contributed by atoms with van der Waals surface area (Å²) < 4.78 is 5.68. The lowest BCUT2D eigenvalue weighted by Crippen LogP contribution is -3.00. The van der Waals surface area contributed by atoms with Gasteiger partial charge in [0.05, 0.1) is 105 Å². The van der Waals surface area contributed by atoms with E-state index >= 15 is 0 Å². The number of quaternary nitrogens is 4. The average molecular weight is 1480 g/mol. The van der Waals surface area contributed by atoms with E-state index in [0.717, 1.165) is 0 Å². The molecule has 0 aromatic rings. The Balaban J connectivity index is -0.000000124. The summed E-state index contributed by atoms with van der Waals surface area (Å²) in [6.45, 7) is 60.1. The van der Waals surface area contributed by atoms with Crippen LogP contribution in [0, 0.1) is 0 Å². The minimum atomic E-state index is 0. The zero-order chi connectivity index (χ0) is 51.9. The van der Waals surface area contributed by atoms with Crippen LogP contribution in [0.3, 0.4) is 0 Å². The van der Waals surface area contributed by atoms with E-state index in [4.69, 9.17) is 0 Å². The molecule has 72 heavy (non-hydrogen) atoms. The van der Waals surface area contributed by atoms with Gasteiger partial charge in [-0.2, -0.15) is 0 Å². The lowest BCUT2D eigenvalue weighted by atomic mass is 10.1. The first-order valence-electron chi connectivity index (χ1n) is 32.4. The average Bonchev–Trinajstić information content (AvgIpc) is 3.37. The summed E-state index contributed by atoms with van der Waals surface area (Å²) >= 11 is 0. The van der Waals surface area contributed by atoms with E-state index in [1.54, 1.807) is 0 Å². The molecule has 0 spiro atoms. The second kappa shape index (κ2) is 69.9. The molecule has 0 radical (unpaired) electrons. The van der Waals surface area contributed by atoms with Gasteiger partial charge in [0, 0.05) is 0 Å². The van der Waals surface area contributed by atoms with Crippen molar-refractivity contribution in [1.82, 2.24) is 0 Å².